The van der Waals surface area contributed by atoms with Crippen molar-refractivity contribution in [1.29, 1.82) is 0 Å². The molecule has 0 saturated carbocycles. The van der Waals surface area contributed by atoms with E-state index in [0.717, 1.165) is 37.2 Å². The Morgan fingerprint density at radius 3 is 2.03 bits per heavy atom. The standard InChI is InChI=1S/C23H30N2O5/c1-27-19-7-5-18(6-8-19)25-11-9-17(10-12-25)24-22(26)15-16-13-20(28-2)23(30-4)21(14-16)29-3/h5-8,13-14,17H,9-12,15H2,1-4H3,(H,24,26). The van der Waals surface area contributed by atoms with Crippen molar-refractivity contribution in [2.45, 2.75) is 25.3 Å². The fourth-order valence-corrected chi connectivity index (χ4v) is 3.78. The summed E-state index contributed by atoms with van der Waals surface area (Å²) >= 11 is 0. The first-order valence-corrected chi connectivity index (χ1v) is 10.0. The molecule has 2 aromatic rings. The van der Waals surface area contributed by atoms with E-state index in [0.29, 0.717) is 17.2 Å². The highest BCUT2D eigenvalue weighted by molar-refractivity contribution is 5.79. The maximum Gasteiger partial charge on any atom is 0.224 e. The van der Waals surface area contributed by atoms with Crippen LogP contribution in [0.2, 0.25) is 0 Å². The molecular formula is C23H30N2O5. The highest BCUT2D eigenvalue weighted by Crippen LogP contribution is 2.38. The highest BCUT2D eigenvalue weighted by atomic mass is 16.5. The molecule has 7 heteroatoms. The summed E-state index contributed by atoms with van der Waals surface area (Å²) in [6.07, 6.45) is 2.08. The van der Waals surface area contributed by atoms with E-state index in [1.54, 1.807) is 28.4 Å². The van der Waals surface area contributed by atoms with Gasteiger partial charge in [-0.15, -0.1) is 0 Å². The molecule has 0 aliphatic carbocycles. The molecule has 1 saturated heterocycles. The number of carbonyl (C=O) groups excluding carboxylic acids is 1. The van der Waals surface area contributed by atoms with Gasteiger partial charge >= 0.3 is 0 Å². The van der Waals surface area contributed by atoms with Crippen LogP contribution in [-0.4, -0.2) is 53.5 Å². The summed E-state index contributed by atoms with van der Waals surface area (Å²) in [7, 11) is 6.36. The lowest BCUT2D eigenvalue weighted by atomic mass is 10.0. The van der Waals surface area contributed by atoms with Gasteiger partial charge in [-0.1, -0.05) is 0 Å². The molecule has 0 bridgehead atoms. The number of ether oxygens (including phenoxy) is 4. The number of nitrogens with one attached hydrogen (secondary N) is 1. The van der Waals surface area contributed by atoms with E-state index in [2.05, 4.69) is 22.3 Å². The second kappa shape index (κ2) is 10.1. The first kappa shape index (κ1) is 21.6. The van der Waals surface area contributed by atoms with E-state index in [1.165, 1.54) is 5.69 Å². The molecule has 0 spiro atoms. The Hall–Kier alpha value is -3.09. The fraction of sp³-hybridized carbons (Fsp3) is 0.435. The Morgan fingerprint density at radius 2 is 1.53 bits per heavy atom. The fourth-order valence-electron chi connectivity index (χ4n) is 3.78. The summed E-state index contributed by atoms with van der Waals surface area (Å²) < 4.78 is 21.3. The second-order valence-corrected chi connectivity index (χ2v) is 7.24. The van der Waals surface area contributed by atoms with E-state index in [-0.39, 0.29) is 18.4 Å². The Labute approximate surface area is 177 Å². The third kappa shape index (κ3) is 5.09. The lowest BCUT2D eigenvalue weighted by molar-refractivity contribution is -0.121. The van der Waals surface area contributed by atoms with Crippen LogP contribution < -0.4 is 29.2 Å². The summed E-state index contributed by atoms with van der Waals surface area (Å²) in [5, 5.41) is 3.16. The largest absolute Gasteiger partial charge is 0.497 e. The molecule has 7 nitrogen and oxygen atoms in total. The van der Waals surface area contributed by atoms with E-state index in [9.17, 15) is 4.79 Å². The van der Waals surface area contributed by atoms with Crippen LogP contribution in [0.1, 0.15) is 18.4 Å². The molecule has 1 aliphatic rings. The smallest absolute Gasteiger partial charge is 0.224 e. The van der Waals surface area contributed by atoms with E-state index >= 15 is 0 Å². The van der Waals surface area contributed by atoms with Crippen molar-refractivity contribution in [3.05, 3.63) is 42.0 Å². The number of anilines is 1. The average Bonchev–Trinajstić information content (AvgIpc) is 2.78. The van der Waals surface area contributed by atoms with Gasteiger partial charge in [0.25, 0.3) is 0 Å². The summed E-state index contributed by atoms with van der Waals surface area (Å²) in [6, 6.07) is 11.9. The van der Waals surface area contributed by atoms with Gasteiger partial charge in [-0.2, -0.15) is 0 Å². The maximum atomic E-state index is 12.6. The molecular weight excluding hydrogens is 384 g/mol. The predicted molar refractivity (Wildman–Crippen MR) is 116 cm³/mol. The van der Waals surface area contributed by atoms with Crippen LogP contribution >= 0.6 is 0 Å². The SMILES string of the molecule is COc1ccc(N2CCC(NC(=O)Cc3cc(OC)c(OC)c(OC)c3)CC2)cc1. The van der Waals surface area contributed by atoms with E-state index in [1.807, 2.05) is 24.3 Å². The first-order chi connectivity index (χ1) is 14.6. The normalized spacial score (nSPS) is 14.2. The molecule has 3 rings (SSSR count). The number of benzene rings is 2. The molecule has 1 N–H and O–H groups in total. The Balaban J connectivity index is 1.55. The number of nitrogens with zero attached hydrogens (tertiary/aromatic N) is 1. The van der Waals surface area contributed by atoms with Crippen molar-refractivity contribution in [3.63, 3.8) is 0 Å². The zero-order chi connectivity index (χ0) is 21.5. The number of hydrogen-bond acceptors (Lipinski definition) is 6. The van der Waals surface area contributed by atoms with Crippen LogP contribution in [0.15, 0.2) is 36.4 Å². The Bertz CT molecular complexity index is 820. The van der Waals surface area contributed by atoms with Crippen molar-refractivity contribution >= 4 is 11.6 Å². The van der Waals surface area contributed by atoms with Crippen molar-refractivity contribution < 1.29 is 23.7 Å². The minimum Gasteiger partial charge on any atom is -0.497 e. The monoisotopic (exact) mass is 414 g/mol. The number of hydrogen-bond donors (Lipinski definition) is 1. The number of rotatable bonds is 8. The highest BCUT2D eigenvalue weighted by Gasteiger charge is 2.22. The molecule has 0 atom stereocenters. The summed E-state index contributed by atoms with van der Waals surface area (Å²) in [5.41, 5.74) is 2.00. The van der Waals surface area contributed by atoms with Crippen LogP contribution in [0.25, 0.3) is 0 Å². The molecule has 2 aromatic carbocycles. The van der Waals surface area contributed by atoms with Gasteiger partial charge in [-0.3, -0.25) is 4.79 Å². The predicted octanol–water partition coefficient (Wildman–Crippen LogP) is 3.05. The number of carbonyl (C=O) groups is 1. The van der Waals surface area contributed by atoms with Crippen molar-refractivity contribution in [2.24, 2.45) is 0 Å². The van der Waals surface area contributed by atoms with E-state index in [4.69, 9.17) is 18.9 Å². The zero-order valence-electron chi connectivity index (χ0n) is 18.1. The van der Waals surface area contributed by atoms with Gasteiger partial charge in [0.05, 0.1) is 34.9 Å². The van der Waals surface area contributed by atoms with Gasteiger partial charge in [0.2, 0.25) is 11.7 Å². The zero-order valence-corrected chi connectivity index (χ0v) is 18.1. The van der Waals surface area contributed by atoms with Crippen molar-refractivity contribution in [1.82, 2.24) is 5.32 Å². The number of methoxy groups -OCH3 is 4. The summed E-state index contributed by atoms with van der Waals surface area (Å²) in [5.74, 6) is 2.47. The van der Waals surface area contributed by atoms with Crippen LogP contribution in [-0.2, 0) is 11.2 Å². The summed E-state index contributed by atoms with van der Waals surface area (Å²) in [4.78, 5) is 14.9. The lowest BCUT2D eigenvalue weighted by Crippen LogP contribution is -2.45. The molecule has 1 aliphatic heterocycles. The third-order valence-electron chi connectivity index (χ3n) is 5.39. The van der Waals surface area contributed by atoms with Crippen molar-refractivity contribution in [3.8, 4) is 23.0 Å². The Morgan fingerprint density at radius 1 is 0.933 bits per heavy atom. The maximum absolute atomic E-state index is 12.6. The van der Waals surface area contributed by atoms with Crippen LogP contribution in [0.3, 0.4) is 0 Å². The molecule has 1 amide bonds. The van der Waals surface area contributed by atoms with Gasteiger partial charge in [0.15, 0.2) is 11.5 Å². The molecule has 0 radical (unpaired) electrons. The van der Waals surface area contributed by atoms with Gasteiger partial charge in [0, 0.05) is 24.8 Å². The molecule has 1 heterocycles. The second-order valence-electron chi connectivity index (χ2n) is 7.24. The summed E-state index contributed by atoms with van der Waals surface area (Å²) in [6.45, 7) is 1.81. The first-order valence-electron chi connectivity index (χ1n) is 10.0. The van der Waals surface area contributed by atoms with Crippen molar-refractivity contribution in [2.75, 3.05) is 46.4 Å². The van der Waals surface area contributed by atoms with Crippen LogP contribution in [0.4, 0.5) is 5.69 Å². The van der Waals surface area contributed by atoms with Crippen LogP contribution in [0.5, 0.6) is 23.0 Å². The number of piperidine rings is 1. The number of amides is 1. The minimum absolute atomic E-state index is 0.00725. The van der Waals surface area contributed by atoms with Gasteiger partial charge in [-0.25, -0.2) is 0 Å². The molecule has 0 unspecified atom stereocenters. The molecule has 1 fully saturated rings. The molecule has 0 aromatic heterocycles. The minimum atomic E-state index is -0.00725. The van der Waals surface area contributed by atoms with Crippen LogP contribution in [0, 0.1) is 0 Å². The molecule has 30 heavy (non-hydrogen) atoms. The average molecular weight is 415 g/mol. The van der Waals surface area contributed by atoms with Gasteiger partial charge in [0.1, 0.15) is 5.75 Å². The van der Waals surface area contributed by atoms with Gasteiger partial charge in [-0.05, 0) is 54.8 Å². The molecule has 162 valence electrons. The quantitative estimate of drug-likeness (QED) is 0.716. The lowest BCUT2D eigenvalue weighted by Gasteiger charge is -2.34. The Kier molecular flexibility index (Phi) is 7.27. The van der Waals surface area contributed by atoms with Gasteiger partial charge < -0.3 is 29.2 Å². The van der Waals surface area contributed by atoms with E-state index < -0.39 is 0 Å². The topological polar surface area (TPSA) is 69.3 Å². The third-order valence-corrected chi connectivity index (χ3v) is 5.39.